The zero-order valence-electron chi connectivity index (χ0n) is 11.7. The van der Waals surface area contributed by atoms with E-state index in [1.54, 1.807) is 23.1 Å². The first kappa shape index (κ1) is 13.9. The second kappa shape index (κ2) is 5.37. The molecule has 2 heterocycles. The fourth-order valence-corrected chi connectivity index (χ4v) is 2.98. The van der Waals surface area contributed by atoms with Gasteiger partial charge >= 0.3 is 12.1 Å². The van der Waals surface area contributed by atoms with Gasteiger partial charge in [0.2, 0.25) is 0 Å². The molecule has 2 N–H and O–H groups in total. The van der Waals surface area contributed by atoms with Crippen LogP contribution in [0.15, 0.2) is 24.3 Å². The number of carbonyl (C=O) groups excluding carboxylic acids is 1. The second-order valence-corrected chi connectivity index (χ2v) is 5.66. The maximum Gasteiger partial charge on any atom is 0.410 e. The molecule has 3 rings (SSSR count). The summed E-state index contributed by atoms with van der Waals surface area (Å²) in [5.74, 6) is -0.962. The molecular weight excluding hydrogens is 272 g/mol. The zero-order chi connectivity index (χ0) is 14.9. The second-order valence-electron chi connectivity index (χ2n) is 5.66. The van der Waals surface area contributed by atoms with Gasteiger partial charge in [0.1, 0.15) is 5.60 Å². The van der Waals surface area contributed by atoms with Gasteiger partial charge in [0, 0.05) is 19.4 Å². The van der Waals surface area contributed by atoms with Crippen LogP contribution in [0.2, 0.25) is 0 Å². The first-order chi connectivity index (χ1) is 10.1. The number of piperidine rings is 1. The predicted molar refractivity (Wildman–Crippen MR) is 75.1 cm³/mol. The molecule has 1 spiro atoms. The zero-order valence-corrected chi connectivity index (χ0v) is 11.7. The molecule has 2 aliphatic heterocycles. The minimum Gasteiger partial charge on any atom is -0.478 e. The summed E-state index contributed by atoms with van der Waals surface area (Å²) < 4.78 is 5.58. The molecule has 0 aromatic heterocycles. The van der Waals surface area contributed by atoms with Crippen LogP contribution in [-0.2, 0) is 11.3 Å². The van der Waals surface area contributed by atoms with Crippen LogP contribution in [0.5, 0.6) is 0 Å². The Morgan fingerprint density at radius 3 is 2.86 bits per heavy atom. The Morgan fingerprint density at radius 2 is 2.14 bits per heavy atom. The summed E-state index contributed by atoms with van der Waals surface area (Å²) in [5.41, 5.74) is 0.668. The topological polar surface area (TPSA) is 78.9 Å². The first-order valence-corrected chi connectivity index (χ1v) is 7.09. The van der Waals surface area contributed by atoms with Crippen LogP contribution in [0.3, 0.4) is 0 Å². The summed E-state index contributed by atoms with van der Waals surface area (Å²) >= 11 is 0. The van der Waals surface area contributed by atoms with E-state index in [-0.39, 0.29) is 17.3 Å². The van der Waals surface area contributed by atoms with Crippen LogP contribution >= 0.6 is 0 Å². The number of carbonyl (C=O) groups is 2. The summed E-state index contributed by atoms with van der Waals surface area (Å²) in [6.45, 7) is 2.67. The van der Waals surface area contributed by atoms with Crippen LogP contribution in [-0.4, -0.2) is 47.3 Å². The van der Waals surface area contributed by atoms with Crippen molar-refractivity contribution in [2.24, 2.45) is 0 Å². The number of nitrogens with one attached hydrogen (secondary N) is 1. The standard InChI is InChI=1S/C15H18N2O4/c18-13(19)12-3-1-2-11(8-12)9-17-10-15(21-14(17)20)4-6-16-7-5-15/h1-3,8,16H,4-7,9-10H2,(H,18,19). The first-order valence-electron chi connectivity index (χ1n) is 7.09. The number of amides is 1. The molecule has 0 saturated carbocycles. The summed E-state index contributed by atoms with van der Waals surface area (Å²) in [6, 6.07) is 6.67. The van der Waals surface area contributed by atoms with E-state index in [1.807, 2.05) is 6.07 Å². The number of nitrogens with zero attached hydrogens (tertiary/aromatic N) is 1. The molecule has 2 aliphatic rings. The molecule has 0 unspecified atom stereocenters. The van der Waals surface area contributed by atoms with E-state index in [4.69, 9.17) is 9.84 Å². The monoisotopic (exact) mass is 290 g/mol. The van der Waals surface area contributed by atoms with Gasteiger partial charge < -0.3 is 15.2 Å². The highest BCUT2D eigenvalue weighted by molar-refractivity contribution is 5.87. The van der Waals surface area contributed by atoms with Gasteiger partial charge in [-0.05, 0) is 30.8 Å². The van der Waals surface area contributed by atoms with Crippen molar-refractivity contribution in [1.82, 2.24) is 10.2 Å². The van der Waals surface area contributed by atoms with E-state index in [9.17, 15) is 9.59 Å². The molecule has 0 aliphatic carbocycles. The van der Waals surface area contributed by atoms with Crippen molar-refractivity contribution in [2.45, 2.75) is 25.0 Å². The smallest absolute Gasteiger partial charge is 0.410 e. The normalized spacial score (nSPS) is 20.6. The lowest BCUT2D eigenvalue weighted by atomic mass is 9.92. The average molecular weight is 290 g/mol. The van der Waals surface area contributed by atoms with Gasteiger partial charge in [0.05, 0.1) is 12.1 Å². The van der Waals surface area contributed by atoms with E-state index < -0.39 is 5.97 Å². The quantitative estimate of drug-likeness (QED) is 0.881. The molecule has 1 amide bonds. The maximum atomic E-state index is 12.0. The van der Waals surface area contributed by atoms with Crippen LogP contribution in [0.1, 0.15) is 28.8 Å². The van der Waals surface area contributed by atoms with Crippen molar-refractivity contribution in [3.8, 4) is 0 Å². The third kappa shape index (κ3) is 2.85. The fraction of sp³-hybridized carbons (Fsp3) is 0.467. The molecule has 6 heteroatoms. The lowest BCUT2D eigenvalue weighted by Crippen LogP contribution is -2.44. The van der Waals surface area contributed by atoms with Gasteiger partial charge in [-0.1, -0.05) is 12.1 Å². The summed E-state index contributed by atoms with van der Waals surface area (Å²) in [4.78, 5) is 24.7. The van der Waals surface area contributed by atoms with Crippen LogP contribution < -0.4 is 5.32 Å². The number of rotatable bonds is 3. The Hall–Kier alpha value is -2.08. The molecule has 2 saturated heterocycles. The number of hydrogen-bond acceptors (Lipinski definition) is 4. The van der Waals surface area contributed by atoms with E-state index in [0.717, 1.165) is 31.5 Å². The van der Waals surface area contributed by atoms with Gasteiger partial charge in [-0.2, -0.15) is 0 Å². The van der Waals surface area contributed by atoms with E-state index in [2.05, 4.69) is 5.32 Å². The van der Waals surface area contributed by atoms with Gasteiger partial charge in [-0.3, -0.25) is 4.90 Å². The highest BCUT2D eigenvalue weighted by Crippen LogP contribution is 2.31. The Morgan fingerprint density at radius 1 is 1.38 bits per heavy atom. The molecule has 2 fully saturated rings. The van der Waals surface area contributed by atoms with E-state index in [1.165, 1.54) is 0 Å². The number of hydrogen-bond donors (Lipinski definition) is 2. The molecule has 21 heavy (non-hydrogen) atoms. The van der Waals surface area contributed by atoms with Gasteiger partial charge in [0.15, 0.2) is 0 Å². The van der Waals surface area contributed by atoms with Crippen molar-refractivity contribution in [3.05, 3.63) is 35.4 Å². The Bertz CT molecular complexity index is 567. The molecule has 0 radical (unpaired) electrons. The summed E-state index contributed by atoms with van der Waals surface area (Å²) in [7, 11) is 0. The van der Waals surface area contributed by atoms with Crippen LogP contribution in [0.25, 0.3) is 0 Å². The van der Waals surface area contributed by atoms with Crippen molar-refractivity contribution in [2.75, 3.05) is 19.6 Å². The predicted octanol–water partition coefficient (Wildman–Crippen LogP) is 1.46. The third-order valence-corrected chi connectivity index (χ3v) is 4.10. The molecule has 0 bridgehead atoms. The SMILES string of the molecule is O=C(O)c1cccc(CN2CC3(CCNCC3)OC2=O)c1. The van der Waals surface area contributed by atoms with E-state index in [0.29, 0.717) is 13.1 Å². The van der Waals surface area contributed by atoms with E-state index >= 15 is 0 Å². The third-order valence-electron chi connectivity index (χ3n) is 4.10. The molecule has 1 aromatic carbocycles. The van der Waals surface area contributed by atoms with Gasteiger partial charge in [-0.25, -0.2) is 9.59 Å². The molecule has 6 nitrogen and oxygen atoms in total. The number of ether oxygens (including phenoxy) is 1. The molecule has 0 atom stereocenters. The number of benzene rings is 1. The lowest BCUT2D eigenvalue weighted by Gasteiger charge is -2.31. The Kier molecular flexibility index (Phi) is 3.55. The average Bonchev–Trinajstić information content (AvgIpc) is 2.75. The number of aromatic carboxylic acids is 1. The summed E-state index contributed by atoms with van der Waals surface area (Å²) in [6.07, 6.45) is 1.34. The van der Waals surface area contributed by atoms with Crippen molar-refractivity contribution >= 4 is 12.1 Å². The molecular formula is C15H18N2O4. The molecule has 112 valence electrons. The highest BCUT2D eigenvalue weighted by Gasteiger charge is 2.45. The lowest BCUT2D eigenvalue weighted by molar-refractivity contribution is 0.0316. The number of carboxylic acids is 1. The minimum absolute atomic E-state index is 0.233. The van der Waals surface area contributed by atoms with Gasteiger partial charge in [0.25, 0.3) is 0 Å². The molecule has 1 aromatic rings. The van der Waals surface area contributed by atoms with Crippen LogP contribution in [0, 0.1) is 0 Å². The fourth-order valence-electron chi connectivity index (χ4n) is 2.98. The Labute approximate surface area is 122 Å². The van der Waals surface area contributed by atoms with Crippen molar-refractivity contribution in [1.29, 1.82) is 0 Å². The maximum absolute atomic E-state index is 12.0. The van der Waals surface area contributed by atoms with Crippen LogP contribution in [0.4, 0.5) is 4.79 Å². The number of carboxylic acid groups (broad SMARTS) is 1. The highest BCUT2D eigenvalue weighted by atomic mass is 16.6. The minimum atomic E-state index is -0.962. The van der Waals surface area contributed by atoms with Gasteiger partial charge in [-0.15, -0.1) is 0 Å². The summed E-state index contributed by atoms with van der Waals surface area (Å²) in [5, 5.41) is 12.3. The Balaban J connectivity index is 1.72. The van der Waals surface area contributed by atoms with Crippen molar-refractivity contribution < 1.29 is 19.4 Å². The van der Waals surface area contributed by atoms with Crippen molar-refractivity contribution in [3.63, 3.8) is 0 Å². The largest absolute Gasteiger partial charge is 0.478 e.